The third kappa shape index (κ3) is 3.74. The molecule has 1 aromatic heterocycles. The predicted molar refractivity (Wildman–Crippen MR) is 116 cm³/mol. The van der Waals surface area contributed by atoms with Gasteiger partial charge in [-0.1, -0.05) is 44.2 Å². The van der Waals surface area contributed by atoms with E-state index in [1.165, 1.54) is 0 Å². The summed E-state index contributed by atoms with van der Waals surface area (Å²) in [4.78, 5) is 41.0. The van der Waals surface area contributed by atoms with Crippen LogP contribution in [0, 0.1) is 5.92 Å². The van der Waals surface area contributed by atoms with E-state index in [0.717, 1.165) is 40.2 Å². The van der Waals surface area contributed by atoms with E-state index in [1.54, 1.807) is 11.3 Å². The molecule has 1 spiro atoms. The molecule has 4 rings (SSSR count). The summed E-state index contributed by atoms with van der Waals surface area (Å²) in [5, 5.41) is 7.89. The van der Waals surface area contributed by atoms with Crippen LogP contribution in [0.15, 0.2) is 41.8 Å². The van der Waals surface area contributed by atoms with E-state index in [9.17, 15) is 14.4 Å². The first-order chi connectivity index (χ1) is 14.4. The number of benzene rings is 1. The van der Waals surface area contributed by atoms with Crippen molar-refractivity contribution in [3.63, 3.8) is 0 Å². The quantitative estimate of drug-likeness (QED) is 0.692. The van der Waals surface area contributed by atoms with Crippen LogP contribution in [0.3, 0.4) is 0 Å². The molecule has 6 nitrogen and oxygen atoms in total. The molecule has 30 heavy (non-hydrogen) atoms. The van der Waals surface area contributed by atoms with Crippen molar-refractivity contribution in [2.24, 2.45) is 5.92 Å². The van der Waals surface area contributed by atoms with E-state index in [-0.39, 0.29) is 24.4 Å². The van der Waals surface area contributed by atoms with Gasteiger partial charge in [0.25, 0.3) is 5.91 Å². The van der Waals surface area contributed by atoms with Gasteiger partial charge in [0.05, 0.1) is 6.04 Å². The second-order valence-electron chi connectivity index (χ2n) is 8.50. The zero-order valence-electron chi connectivity index (χ0n) is 17.3. The number of nitrogens with one attached hydrogen (secondary N) is 2. The summed E-state index contributed by atoms with van der Waals surface area (Å²) in [5.74, 6) is -0.261. The molecule has 2 atom stereocenters. The van der Waals surface area contributed by atoms with E-state index < -0.39 is 11.6 Å². The molecule has 4 amide bonds. The van der Waals surface area contributed by atoms with E-state index in [4.69, 9.17) is 0 Å². The zero-order valence-corrected chi connectivity index (χ0v) is 18.1. The first-order valence-corrected chi connectivity index (χ1v) is 11.3. The number of fused-ring (bicyclic) bond motifs is 2. The number of imide groups is 1. The summed E-state index contributed by atoms with van der Waals surface area (Å²) >= 11 is 1.61. The average Bonchev–Trinajstić information content (AvgIpc) is 3.29. The molecule has 7 heteroatoms. The van der Waals surface area contributed by atoms with Gasteiger partial charge in [0.15, 0.2) is 0 Å². The van der Waals surface area contributed by atoms with Crippen LogP contribution >= 0.6 is 11.3 Å². The molecule has 0 unspecified atom stereocenters. The Labute approximate surface area is 180 Å². The van der Waals surface area contributed by atoms with Crippen molar-refractivity contribution in [1.29, 1.82) is 0 Å². The van der Waals surface area contributed by atoms with Crippen LogP contribution < -0.4 is 10.6 Å². The van der Waals surface area contributed by atoms with Crippen molar-refractivity contribution < 1.29 is 14.4 Å². The summed E-state index contributed by atoms with van der Waals surface area (Å²) in [6.45, 7) is 3.93. The SMILES string of the molecule is CC(C)C[C@H](NC(=O)CN1C(=O)N[C@@]2(CCCc3sccc32)C1=O)c1ccccc1. The van der Waals surface area contributed by atoms with Gasteiger partial charge in [-0.3, -0.25) is 14.5 Å². The van der Waals surface area contributed by atoms with Crippen molar-refractivity contribution in [1.82, 2.24) is 15.5 Å². The third-order valence-electron chi connectivity index (χ3n) is 5.88. The third-order valence-corrected chi connectivity index (χ3v) is 6.86. The minimum absolute atomic E-state index is 0.161. The van der Waals surface area contributed by atoms with Crippen LogP contribution in [0.5, 0.6) is 0 Å². The summed E-state index contributed by atoms with van der Waals surface area (Å²) in [6, 6.07) is 11.1. The second kappa shape index (κ2) is 8.22. The molecule has 1 aromatic carbocycles. The monoisotopic (exact) mass is 425 g/mol. The number of rotatable bonds is 6. The van der Waals surface area contributed by atoms with Gasteiger partial charge in [-0.25, -0.2) is 4.79 Å². The fraction of sp³-hybridized carbons (Fsp3) is 0.435. The lowest BCUT2D eigenvalue weighted by atomic mass is 9.80. The zero-order chi connectivity index (χ0) is 21.3. The van der Waals surface area contributed by atoms with Gasteiger partial charge in [-0.15, -0.1) is 11.3 Å². The van der Waals surface area contributed by atoms with Gasteiger partial charge in [-0.2, -0.15) is 0 Å². The number of hydrogen-bond donors (Lipinski definition) is 2. The van der Waals surface area contributed by atoms with E-state index >= 15 is 0 Å². The minimum atomic E-state index is -1.01. The van der Waals surface area contributed by atoms with Crippen molar-refractivity contribution in [3.05, 3.63) is 57.8 Å². The number of amides is 4. The van der Waals surface area contributed by atoms with Crippen molar-refractivity contribution >= 4 is 29.2 Å². The Morgan fingerprint density at radius 1 is 1.23 bits per heavy atom. The van der Waals surface area contributed by atoms with Crippen LogP contribution in [0.2, 0.25) is 0 Å². The number of nitrogens with zero attached hydrogens (tertiary/aromatic N) is 1. The summed E-state index contributed by atoms with van der Waals surface area (Å²) in [6.07, 6.45) is 3.11. The number of carbonyl (C=O) groups is 3. The Kier molecular flexibility index (Phi) is 5.64. The molecule has 1 aliphatic heterocycles. The molecule has 0 bridgehead atoms. The Bertz CT molecular complexity index is 956. The molecule has 2 heterocycles. The maximum atomic E-state index is 13.3. The summed E-state index contributed by atoms with van der Waals surface area (Å²) in [7, 11) is 0. The molecule has 0 saturated carbocycles. The molecule has 2 aliphatic rings. The first-order valence-electron chi connectivity index (χ1n) is 10.5. The van der Waals surface area contributed by atoms with Gasteiger partial charge in [0.1, 0.15) is 12.1 Å². The van der Waals surface area contributed by atoms with Crippen molar-refractivity contribution in [2.45, 2.75) is 51.1 Å². The highest BCUT2D eigenvalue weighted by Crippen LogP contribution is 2.42. The molecule has 2 N–H and O–H groups in total. The molecule has 1 fully saturated rings. The highest BCUT2D eigenvalue weighted by Gasteiger charge is 2.54. The Morgan fingerprint density at radius 2 is 2.00 bits per heavy atom. The molecule has 1 saturated heterocycles. The topological polar surface area (TPSA) is 78.5 Å². The van der Waals surface area contributed by atoms with Gasteiger partial charge in [0, 0.05) is 10.4 Å². The molecule has 0 radical (unpaired) electrons. The number of hydrogen-bond acceptors (Lipinski definition) is 4. The number of thiophene rings is 1. The van der Waals surface area contributed by atoms with E-state index in [1.807, 2.05) is 41.8 Å². The van der Waals surface area contributed by atoms with E-state index in [2.05, 4.69) is 24.5 Å². The minimum Gasteiger partial charge on any atom is -0.348 e. The first kappa shape index (κ1) is 20.6. The van der Waals surface area contributed by atoms with Gasteiger partial charge >= 0.3 is 6.03 Å². The van der Waals surface area contributed by atoms with Crippen LogP contribution in [-0.2, 0) is 21.5 Å². The van der Waals surface area contributed by atoms with Gasteiger partial charge in [0.2, 0.25) is 5.91 Å². The highest BCUT2D eigenvalue weighted by atomic mass is 32.1. The molecule has 158 valence electrons. The number of aryl methyl sites for hydroxylation is 1. The van der Waals surface area contributed by atoms with Crippen molar-refractivity contribution in [3.8, 4) is 0 Å². The maximum Gasteiger partial charge on any atom is 0.325 e. The predicted octanol–water partition coefficient (Wildman–Crippen LogP) is 3.74. The van der Waals surface area contributed by atoms with Gasteiger partial charge in [-0.05, 0) is 48.6 Å². The standard InChI is InChI=1S/C23H27N3O3S/c1-15(2)13-18(16-7-4-3-5-8-16)24-20(27)14-26-21(28)23(25-22(26)29)11-6-9-19-17(23)10-12-30-19/h3-5,7-8,10,12,15,18H,6,9,11,13-14H2,1-2H3,(H,24,27)(H,25,29)/t18-,23+/m0/s1. The number of carbonyl (C=O) groups excluding carboxylic acids is 3. The fourth-order valence-electron chi connectivity index (χ4n) is 4.50. The normalized spacial score (nSPS) is 21.6. The highest BCUT2D eigenvalue weighted by molar-refractivity contribution is 7.10. The van der Waals surface area contributed by atoms with Crippen LogP contribution in [0.4, 0.5) is 4.79 Å². The molecule has 1 aliphatic carbocycles. The Hall–Kier alpha value is -2.67. The smallest absolute Gasteiger partial charge is 0.325 e. The summed E-state index contributed by atoms with van der Waals surface area (Å²) < 4.78 is 0. The molecular formula is C23H27N3O3S. The lowest BCUT2D eigenvalue weighted by Gasteiger charge is -2.31. The Morgan fingerprint density at radius 3 is 2.73 bits per heavy atom. The molecule has 2 aromatic rings. The number of urea groups is 1. The fourth-order valence-corrected chi connectivity index (χ4v) is 5.50. The Balaban J connectivity index is 1.50. The summed E-state index contributed by atoms with van der Waals surface area (Å²) in [5.41, 5.74) is 0.896. The van der Waals surface area contributed by atoms with Crippen molar-refractivity contribution in [2.75, 3.05) is 6.54 Å². The van der Waals surface area contributed by atoms with Crippen LogP contribution in [0.25, 0.3) is 0 Å². The van der Waals surface area contributed by atoms with E-state index in [0.29, 0.717) is 12.3 Å². The maximum absolute atomic E-state index is 13.3. The van der Waals surface area contributed by atoms with Gasteiger partial charge < -0.3 is 10.6 Å². The molecular weight excluding hydrogens is 398 g/mol. The van der Waals surface area contributed by atoms with Crippen LogP contribution in [-0.4, -0.2) is 29.3 Å². The van der Waals surface area contributed by atoms with Crippen LogP contribution in [0.1, 0.15) is 55.2 Å². The lowest BCUT2D eigenvalue weighted by molar-refractivity contribution is -0.135. The lowest BCUT2D eigenvalue weighted by Crippen LogP contribution is -2.47. The largest absolute Gasteiger partial charge is 0.348 e. The second-order valence-corrected chi connectivity index (χ2v) is 9.50. The average molecular weight is 426 g/mol.